The fourth-order valence-corrected chi connectivity index (χ4v) is 3.05. The Kier molecular flexibility index (Phi) is 6.63. The lowest BCUT2D eigenvalue weighted by molar-refractivity contribution is 0.0955. The molecule has 0 saturated carbocycles. The first-order valence-electron chi connectivity index (χ1n) is 8.17. The number of benzene rings is 3. The first-order chi connectivity index (χ1) is 13.1. The lowest BCUT2D eigenvalue weighted by Gasteiger charge is -2.09. The van der Waals surface area contributed by atoms with Crippen molar-refractivity contribution in [2.45, 2.75) is 6.61 Å². The molecule has 0 aromatic heterocycles. The third-order valence-electron chi connectivity index (χ3n) is 3.69. The summed E-state index contributed by atoms with van der Waals surface area (Å²) in [5, 5.41) is 4.36. The maximum Gasteiger partial charge on any atom is 0.272 e. The molecule has 1 amide bonds. The van der Waals surface area contributed by atoms with Crippen LogP contribution >= 0.6 is 27.5 Å². The minimum absolute atomic E-state index is 0.362. The van der Waals surface area contributed by atoms with Crippen molar-refractivity contribution >= 4 is 39.7 Å². The number of carbonyl (C=O) groups is 1. The Bertz CT molecular complexity index is 961. The fourth-order valence-electron chi connectivity index (χ4n) is 2.32. The van der Waals surface area contributed by atoms with Crippen molar-refractivity contribution in [3.8, 4) is 5.75 Å². The molecular formula is C21H16BrClN2O2. The number of amides is 1. The van der Waals surface area contributed by atoms with Gasteiger partial charge in [0, 0.05) is 0 Å². The maximum absolute atomic E-state index is 12.1. The smallest absolute Gasteiger partial charge is 0.272 e. The number of nitrogens with zero attached hydrogens (tertiary/aromatic N) is 1. The highest BCUT2D eigenvalue weighted by Crippen LogP contribution is 2.26. The zero-order chi connectivity index (χ0) is 19.1. The lowest BCUT2D eigenvalue weighted by Crippen LogP contribution is -2.17. The Balaban J connectivity index is 1.59. The molecule has 136 valence electrons. The predicted molar refractivity (Wildman–Crippen MR) is 111 cm³/mol. The first-order valence-corrected chi connectivity index (χ1v) is 9.35. The summed E-state index contributed by atoms with van der Waals surface area (Å²) in [6.07, 6.45) is 1.56. The Labute approximate surface area is 171 Å². The zero-order valence-electron chi connectivity index (χ0n) is 14.2. The molecule has 0 fully saturated rings. The van der Waals surface area contributed by atoms with Gasteiger partial charge in [-0.25, -0.2) is 5.43 Å². The molecule has 1 N–H and O–H groups in total. The Hall–Kier alpha value is -2.63. The Morgan fingerprint density at radius 3 is 2.56 bits per heavy atom. The van der Waals surface area contributed by atoms with Crippen molar-refractivity contribution in [2.24, 2.45) is 5.10 Å². The van der Waals surface area contributed by atoms with Crippen LogP contribution in [0, 0.1) is 0 Å². The van der Waals surface area contributed by atoms with Gasteiger partial charge in [-0.3, -0.25) is 4.79 Å². The topological polar surface area (TPSA) is 50.7 Å². The number of hydrogen-bond donors (Lipinski definition) is 1. The summed E-state index contributed by atoms with van der Waals surface area (Å²) in [5.74, 6) is 0.370. The third kappa shape index (κ3) is 5.42. The Morgan fingerprint density at radius 1 is 1.07 bits per heavy atom. The summed E-state index contributed by atoms with van der Waals surface area (Å²) < 4.78 is 6.62. The molecule has 0 saturated heterocycles. The van der Waals surface area contributed by atoms with Gasteiger partial charge in [-0.05, 0) is 57.4 Å². The predicted octanol–water partition coefficient (Wildman–Crippen LogP) is 5.45. The molecule has 3 aromatic carbocycles. The largest absolute Gasteiger partial charge is 0.488 e. The average molecular weight is 444 g/mol. The van der Waals surface area contributed by atoms with Crippen LogP contribution in [0.2, 0.25) is 5.02 Å². The van der Waals surface area contributed by atoms with Crippen LogP contribution in [0.5, 0.6) is 5.75 Å². The molecule has 0 heterocycles. The van der Waals surface area contributed by atoms with Crippen LogP contribution in [0.3, 0.4) is 0 Å². The quantitative estimate of drug-likeness (QED) is 0.407. The normalized spacial score (nSPS) is 10.7. The van der Waals surface area contributed by atoms with E-state index in [-0.39, 0.29) is 5.91 Å². The summed E-state index contributed by atoms with van der Waals surface area (Å²) in [6, 6.07) is 22.3. The van der Waals surface area contributed by atoms with E-state index in [0.29, 0.717) is 17.2 Å². The maximum atomic E-state index is 12.1. The van der Waals surface area contributed by atoms with Crippen molar-refractivity contribution in [1.29, 1.82) is 0 Å². The van der Waals surface area contributed by atoms with Gasteiger partial charge in [0.05, 0.1) is 21.3 Å². The van der Waals surface area contributed by atoms with Gasteiger partial charge < -0.3 is 4.74 Å². The van der Waals surface area contributed by atoms with E-state index in [4.69, 9.17) is 16.3 Å². The van der Waals surface area contributed by atoms with E-state index in [9.17, 15) is 4.79 Å². The van der Waals surface area contributed by atoms with Crippen LogP contribution < -0.4 is 10.2 Å². The molecule has 4 nitrogen and oxygen atoms in total. The van der Waals surface area contributed by atoms with E-state index in [1.165, 1.54) is 0 Å². The van der Waals surface area contributed by atoms with Crippen LogP contribution in [-0.2, 0) is 6.61 Å². The summed E-state index contributed by atoms with van der Waals surface area (Å²) in [6.45, 7) is 0.487. The molecule has 0 spiro atoms. The van der Waals surface area contributed by atoms with Gasteiger partial charge in [-0.2, -0.15) is 5.10 Å². The monoisotopic (exact) mass is 442 g/mol. The second kappa shape index (κ2) is 9.35. The van der Waals surface area contributed by atoms with Crippen molar-refractivity contribution in [3.63, 3.8) is 0 Å². The highest BCUT2D eigenvalue weighted by Gasteiger charge is 2.08. The van der Waals surface area contributed by atoms with Crippen LogP contribution in [0.25, 0.3) is 0 Å². The van der Waals surface area contributed by atoms with Gasteiger partial charge in [0.25, 0.3) is 5.91 Å². The number of halogens is 2. The summed E-state index contributed by atoms with van der Waals surface area (Å²) >= 11 is 9.49. The average Bonchev–Trinajstić information content (AvgIpc) is 2.68. The minimum atomic E-state index is -0.362. The standard InChI is InChI=1S/C21H16BrClN2O2/c22-18-12-16(10-11-20(18)27-14-15-6-2-1-3-7-15)13-24-25-21(26)17-8-4-5-9-19(17)23/h1-13H,14H2,(H,25,26)/b24-13-. The van der Waals surface area contributed by atoms with E-state index in [2.05, 4.69) is 26.5 Å². The van der Waals surface area contributed by atoms with Gasteiger partial charge in [-0.1, -0.05) is 54.1 Å². The summed E-state index contributed by atoms with van der Waals surface area (Å²) in [5.41, 5.74) is 4.75. The molecule has 0 radical (unpaired) electrons. The number of ether oxygens (including phenoxy) is 1. The van der Waals surface area contributed by atoms with Gasteiger partial charge in [0.1, 0.15) is 12.4 Å². The van der Waals surface area contributed by atoms with E-state index in [0.717, 1.165) is 21.3 Å². The highest BCUT2D eigenvalue weighted by atomic mass is 79.9. The molecule has 27 heavy (non-hydrogen) atoms. The van der Waals surface area contributed by atoms with Gasteiger partial charge in [0.15, 0.2) is 0 Å². The van der Waals surface area contributed by atoms with E-state index >= 15 is 0 Å². The Morgan fingerprint density at radius 2 is 1.81 bits per heavy atom. The summed E-state index contributed by atoms with van der Waals surface area (Å²) in [7, 11) is 0. The number of hydrazone groups is 1. The molecular weight excluding hydrogens is 428 g/mol. The van der Waals surface area contributed by atoms with Gasteiger partial charge in [0.2, 0.25) is 0 Å². The second-order valence-electron chi connectivity index (χ2n) is 5.64. The number of rotatable bonds is 6. The van der Waals surface area contributed by atoms with Gasteiger partial charge in [-0.15, -0.1) is 0 Å². The number of carbonyl (C=O) groups excluding carboxylic acids is 1. The van der Waals surface area contributed by atoms with E-state index in [1.807, 2.05) is 48.5 Å². The van der Waals surface area contributed by atoms with Crippen LogP contribution in [0.4, 0.5) is 0 Å². The molecule has 3 aromatic rings. The molecule has 0 aliphatic heterocycles. The molecule has 0 atom stereocenters. The second-order valence-corrected chi connectivity index (χ2v) is 6.90. The SMILES string of the molecule is O=C(N/N=C\c1ccc(OCc2ccccc2)c(Br)c1)c1ccccc1Cl. The van der Waals surface area contributed by atoms with Crippen molar-refractivity contribution in [2.75, 3.05) is 0 Å². The fraction of sp³-hybridized carbons (Fsp3) is 0.0476. The van der Waals surface area contributed by atoms with Crippen LogP contribution in [0.1, 0.15) is 21.5 Å². The zero-order valence-corrected chi connectivity index (χ0v) is 16.6. The molecule has 6 heteroatoms. The molecule has 0 bridgehead atoms. The first kappa shape index (κ1) is 19.1. The molecule has 0 aliphatic rings. The number of nitrogens with one attached hydrogen (secondary N) is 1. The van der Waals surface area contributed by atoms with E-state index in [1.54, 1.807) is 30.5 Å². The van der Waals surface area contributed by atoms with Crippen molar-refractivity contribution in [3.05, 3.63) is 99.0 Å². The van der Waals surface area contributed by atoms with E-state index < -0.39 is 0 Å². The highest BCUT2D eigenvalue weighted by molar-refractivity contribution is 9.10. The van der Waals surface area contributed by atoms with Crippen LogP contribution in [0.15, 0.2) is 82.4 Å². The number of hydrogen-bond acceptors (Lipinski definition) is 3. The van der Waals surface area contributed by atoms with Crippen molar-refractivity contribution in [1.82, 2.24) is 5.43 Å². The summed E-state index contributed by atoms with van der Waals surface area (Å²) in [4.78, 5) is 12.1. The van der Waals surface area contributed by atoms with Crippen molar-refractivity contribution < 1.29 is 9.53 Å². The minimum Gasteiger partial charge on any atom is -0.488 e. The van der Waals surface area contributed by atoms with Crippen LogP contribution in [-0.4, -0.2) is 12.1 Å². The lowest BCUT2D eigenvalue weighted by atomic mass is 10.2. The van der Waals surface area contributed by atoms with Gasteiger partial charge >= 0.3 is 0 Å². The molecule has 3 rings (SSSR count). The third-order valence-corrected chi connectivity index (χ3v) is 4.64. The molecule has 0 unspecified atom stereocenters. The molecule has 0 aliphatic carbocycles.